The average Bonchev–Trinajstić information content (AvgIpc) is 3.88. The Morgan fingerprint density at radius 1 is 0.400 bits per heavy atom. The van der Waals surface area contributed by atoms with Gasteiger partial charge in [-0.15, -0.1) is 0 Å². The molecule has 0 N–H and O–H groups in total. The van der Waals surface area contributed by atoms with Gasteiger partial charge in [0.2, 0.25) is 0 Å². The van der Waals surface area contributed by atoms with Crippen LogP contribution in [-0.2, 0) is 21.7 Å². The molecule has 0 amide bonds. The van der Waals surface area contributed by atoms with Crippen LogP contribution in [0.5, 0.6) is 0 Å². The monoisotopic (exact) mass is 855 g/mol. The van der Waals surface area contributed by atoms with E-state index in [9.17, 15) is 0 Å². The van der Waals surface area contributed by atoms with E-state index in [4.69, 9.17) is 4.98 Å². The highest BCUT2D eigenvalue weighted by Gasteiger charge is 2.41. The number of allylic oxidation sites excluding steroid dienone is 1. The van der Waals surface area contributed by atoms with Crippen LogP contribution < -0.4 is 9.80 Å². The lowest BCUT2D eigenvalue weighted by Gasteiger charge is -2.38. The molecule has 0 atom stereocenters. The first-order chi connectivity index (χ1) is 30.7. The molecular formula is C61H66N4. The molecule has 1 aliphatic heterocycles. The van der Waals surface area contributed by atoms with Crippen LogP contribution in [0, 0.1) is 5.41 Å². The lowest BCUT2D eigenvalue weighted by molar-refractivity contribution is 0.492. The van der Waals surface area contributed by atoms with E-state index >= 15 is 0 Å². The lowest BCUT2D eigenvalue weighted by atomic mass is 9.64. The molecule has 0 spiro atoms. The SMILES string of the molecule is CC(C)(C)C1=CN(c2cc(C(C)(C)C)cc(C(c3ccccc3)(c3ccccc3)c3ccc4c5ccccc5n(-c5cc(C(C)(C)C)ccn5)c4c3)c2)CN1c1ccc(C(C)(C)C)cc1. The van der Waals surface area contributed by atoms with Crippen LogP contribution in [-0.4, -0.2) is 16.2 Å². The number of nitrogens with zero attached hydrogens (tertiary/aromatic N) is 4. The Morgan fingerprint density at radius 2 is 0.954 bits per heavy atom. The Bertz CT molecular complexity index is 2990. The van der Waals surface area contributed by atoms with Crippen molar-refractivity contribution in [3.8, 4) is 5.82 Å². The van der Waals surface area contributed by atoms with Crippen molar-refractivity contribution in [3.05, 3.63) is 215 Å². The molecule has 4 heteroatoms. The van der Waals surface area contributed by atoms with Crippen LogP contribution in [0.15, 0.2) is 176 Å². The summed E-state index contributed by atoms with van der Waals surface area (Å²) in [4.78, 5) is 10.1. The van der Waals surface area contributed by atoms with Gasteiger partial charge >= 0.3 is 0 Å². The summed E-state index contributed by atoms with van der Waals surface area (Å²) in [6, 6.07) is 59.4. The number of rotatable bonds is 7. The van der Waals surface area contributed by atoms with Crippen molar-refractivity contribution >= 4 is 33.2 Å². The minimum absolute atomic E-state index is 0.0285. The number of hydrogen-bond acceptors (Lipinski definition) is 3. The summed E-state index contributed by atoms with van der Waals surface area (Å²) >= 11 is 0. The van der Waals surface area contributed by atoms with Crippen molar-refractivity contribution in [1.29, 1.82) is 0 Å². The zero-order valence-corrected chi connectivity index (χ0v) is 40.7. The molecule has 3 heterocycles. The Balaban J connectivity index is 1.32. The molecule has 4 nitrogen and oxygen atoms in total. The zero-order valence-electron chi connectivity index (χ0n) is 40.7. The molecule has 0 radical (unpaired) electrons. The average molecular weight is 855 g/mol. The van der Waals surface area contributed by atoms with Crippen LogP contribution in [0.2, 0.25) is 0 Å². The van der Waals surface area contributed by atoms with Gasteiger partial charge in [0.05, 0.1) is 23.1 Å². The summed E-state index contributed by atoms with van der Waals surface area (Å²) < 4.78 is 2.38. The molecule has 0 saturated heterocycles. The molecule has 2 aromatic heterocycles. The van der Waals surface area contributed by atoms with Gasteiger partial charge in [0.25, 0.3) is 0 Å². The third kappa shape index (κ3) is 7.96. The molecule has 0 aliphatic carbocycles. The van der Waals surface area contributed by atoms with E-state index in [0.717, 1.165) is 16.9 Å². The number of benzene rings is 6. The van der Waals surface area contributed by atoms with Crippen molar-refractivity contribution in [2.24, 2.45) is 5.41 Å². The minimum atomic E-state index is -0.701. The van der Waals surface area contributed by atoms with Gasteiger partial charge in [-0.2, -0.15) is 0 Å². The highest BCUT2D eigenvalue weighted by Crippen LogP contribution is 2.49. The van der Waals surface area contributed by atoms with Crippen molar-refractivity contribution < 1.29 is 0 Å². The fourth-order valence-electron chi connectivity index (χ4n) is 9.86. The quantitative estimate of drug-likeness (QED) is 0.149. The van der Waals surface area contributed by atoms with Crippen molar-refractivity contribution in [2.75, 3.05) is 16.5 Å². The Hall–Kier alpha value is -6.39. The summed E-state index contributed by atoms with van der Waals surface area (Å²) in [7, 11) is 0. The van der Waals surface area contributed by atoms with Crippen molar-refractivity contribution in [1.82, 2.24) is 9.55 Å². The van der Waals surface area contributed by atoms with Gasteiger partial charge in [-0.05, 0) is 104 Å². The third-order valence-electron chi connectivity index (χ3n) is 13.6. The maximum atomic E-state index is 5.07. The predicted octanol–water partition coefficient (Wildman–Crippen LogP) is 15.6. The van der Waals surface area contributed by atoms with Gasteiger partial charge in [-0.25, -0.2) is 4.98 Å². The molecule has 1 aliphatic rings. The van der Waals surface area contributed by atoms with E-state index in [2.05, 4.69) is 261 Å². The van der Waals surface area contributed by atoms with Gasteiger partial charge < -0.3 is 9.80 Å². The summed E-state index contributed by atoms with van der Waals surface area (Å²) in [5.41, 5.74) is 13.8. The molecule has 9 rings (SSSR count). The van der Waals surface area contributed by atoms with E-state index in [0.29, 0.717) is 6.67 Å². The van der Waals surface area contributed by atoms with E-state index in [1.54, 1.807) is 0 Å². The smallest absolute Gasteiger partial charge is 0.137 e. The van der Waals surface area contributed by atoms with E-state index in [1.165, 1.54) is 66.8 Å². The van der Waals surface area contributed by atoms with Crippen LogP contribution in [0.4, 0.5) is 11.4 Å². The highest BCUT2D eigenvalue weighted by molar-refractivity contribution is 6.09. The molecule has 330 valence electrons. The maximum Gasteiger partial charge on any atom is 0.137 e. The molecule has 6 aromatic carbocycles. The minimum Gasteiger partial charge on any atom is -0.328 e. The normalized spacial score (nSPS) is 14.1. The first-order valence-electron chi connectivity index (χ1n) is 23.4. The third-order valence-corrected chi connectivity index (χ3v) is 13.6. The molecule has 65 heavy (non-hydrogen) atoms. The molecule has 0 saturated carbocycles. The van der Waals surface area contributed by atoms with Crippen LogP contribution in [0.25, 0.3) is 27.6 Å². The fraction of sp³-hybridized carbons (Fsp3) is 0.295. The first-order valence-corrected chi connectivity index (χ1v) is 23.4. The number of fused-ring (bicyclic) bond motifs is 3. The van der Waals surface area contributed by atoms with E-state index < -0.39 is 5.41 Å². The second-order valence-electron chi connectivity index (χ2n) is 22.3. The van der Waals surface area contributed by atoms with Gasteiger partial charge in [-0.3, -0.25) is 4.57 Å². The summed E-state index contributed by atoms with van der Waals surface area (Å²) in [6.45, 7) is 28.4. The topological polar surface area (TPSA) is 24.3 Å². The standard InChI is InChI=1S/C61H66N4/c1-57(2,3)42-27-30-49(31-28-42)64-41-63(40-55(64)60(10,11)12)50-36-47(59(7,8)9)35-48(37-50)61(43-21-15-13-16-22-43,44-23-17-14-18-24-44)46-29-32-52-51-25-19-20-26-53(51)65(54(52)38-46)56-39-45(33-34-62-56)58(4,5)6/h13-40H,41H2,1-12H3. The number of aromatic nitrogens is 2. The summed E-state index contributed by atoms with van der Waals surface area (Å²) in [6.07, 6.45) is 4.37. The second kappa shape index (κ2) is 15.9. The van der Waals surface area contributed by atoms with Crippen molar-refractivity contribution in [2.45, 2.75) is 105 Å². The molecule has 0 unspecified atom stereocenters. The van der Waals surface area contributed by atoms with E-state index in [-0.39, 0.29) is 21.7 Å². The van der Waals surface area contributed by atoms with Gasteiger partial charge in [0, 0.05) is 45.7 Å². The lowest BCUT2D eigenvalue weighted by Crippen LogP contribution is -2.33. The largest absolute Gasteiger partial charge is 0.328 e. The Kier molecular flexibility index (Phi) is 10.8. The molecule has 0 bridgehead atoms. The summed E-state index contributed by atoms with van der Waals surface area (Å²) in [5, 5.41) is 2.42. The zero-order chi connectivity index (χ0) is 46.1. The predicted molar refractivity (Wildman–Crippen MR) is 277 cm³/mol. The molecular weight excluding hydrogens is 789 g/mol. The second-order valence-corrected chi connectivity index (χ2v) is 22.3. The summed E-state index contributed by atoms with van der Waals surface area (Å²) in [5.74, 6) is 0.927. The first kappa shape index (κ1) is 43.8. The number of pyridine rings is 1. The van der Waals surface area contributed by atoms with Gasteiger partial charge in [0.15, 0.2) is 0 Å². The number of anilines is 2. The van der Waals surface area contributed by atoms with Crippen LogP contribution in [0.1, 0.15) is 122 Å². The number of para-hydroxylation sites is 1. The Labute approximate surface area is 388 Å². The Morgan fingerprint density at radius 3 is 1.55 bits per heavy atom. The fourth-order valence-corrected chi connectivity index (χ4v) is 9.86. The highest BCUT2D eigenvalue weighted by atomic mass is 15.4. The van der Waals surface area contributed by atoms with Crippen LogP contribution >= 0.6 is 0 Å². The van der Waals surface area contributed by atoms with Gasteiger partial charge in [-0.1, -0.05) is 192 Å². The van der Waals surface area contributed by atoms with E-state index in [1.807, 2.05) is 6.20 Å². The van der Waals surface area contributed by atoms with Crippen molar-refractivity contribution in [3.63, 3.8) is 0 Å². The maximum absolute atomic E-state index is 5.07. The number of hydrogen-bond donors (Lipinski definition) is 0. The van der Waals surface area contributed by atoms with Crippen LogP contribution in [0.3, 0.4) is 0 Å². The molecule has 0 fully saturated rings. The molecule has 8 aromatic rings. The van der Waals surface area contributed by atoms with Gasteiger partial charge in [0.1, 0.15) is 5.82 Å².